The molecule has 0 aliphatic carbocycles. The largest absolute Gasteiger partial charge is 0.252 e. The van der Waals surface area contributed by atoms with Crippen molar-refractivity contribution >= 4 is 22.6 Å². The van der Waals surface area contributed by atoms with Crippen LogP contribution in [0.15, 0.2) is 0 Å². The number of hydrogen-bond donors (Lipinski definition) is 0. The van der Waals surface area contributed by atoms with Crippen molar-refractivity contribution in [2.24, 2.45) is 0 Å². The number of hydrogen-bond acceptors (Lipinski definition) is 0. The van der Waals surface area contributed by atoms with Crippen molar-refractivity contribution in [1.29, 1.82) is 0 Å². The molecule has 44 valence electrons. The van der Waals surface area contributed by atoms with Gasteiger partial charge in [0.05, 0.1) is 0 Å². The van der Waals surface area contributed by atoms with Crippen LogP contribution in [0.4, 0.5) is 13.2 Å². The first-order chi connectivity index (χ1) is 3.18. The molecule has 0 saturated heterocycles. The first kappa shape index (κ1) is 7.52. The van der Waals surface area contributed by atoms with Crippen molar-refractivity contribution in [1.82, 2.24) is 0 Å². The molecule has 0 rings (SSSR count). The van der Waals surface area contributed by atoms with E-state index in [9.17, 15) is 13.2 Å². The molecule has 0 spiro atoms. The van der Waals surface area contributed by atoms with Gasteiger partial charge in [-0.1, -0.05) is 22.6 Å². The molecule has 7 heavy (non-hydrogen) atoms. The van der Waals surface area contributed by atoms with E-state index in [-0.39, 0.29) is 0 Å². The average molecular weight is 224 g/mol. The third kappa shape index (κ3) is 3.13. The van der Waals surface area contributed by atoms with Crippen molar-refractivity contribution in [2.45, 2.75) is 10.4 Å². The molecule has 0 aromatic carbocycles. The van der Waals surface area contributed by atoms with Gasteiger partial charge >= 0.3 is 0 Å². The molecular formula is C3H4F3I. The zero-order chi connectivity index (χ0) is 5.86. The normalized spacial score (nSPS) is 15.0. The van der Waals surface area contributed by atoms with Crippen LogP contribution in [0.2, 0.25) is 0 Å². The van der Waals surface area contributed by atoms with Crippen LogP contribution in [0.3, 0.4) is 0 Å². The third-order valence-corrected chi connectivity index (χ3v) is 1.30. The summed E-state index contributed by atoms with van der Waals surface area (Å²) in [5.41, 5.74) is 0. The van der Waals surface area contributed by atoms with Crippen LogP contribution in [0.5, 0.6) is 0 Å². The highest BCUT2D eigenvalue weighted by Crippen LogP contribution is 2.10. The number of alkyl halides is 4. The van der Waals surface area contributed by atoms with E-state index in [2.05, 4.69) is 0 Å². The lowest BCUT2D eigenvalue weighted by molar-refractivity contribution is 0.140. The first-order valence-corrected chi connectivity index (χ1v) is 2.91. The predicted molar refractivity (Wildman–Crippen MR) is 29.8 cm³/mol. The van der Waals surface area contributed by atoms with Gasteiger partial charge in [-0.3, -0.25) is 0 Å². The molecule has 1 unspecified atom stereocenters. The zero-order valence-corrected chi connectivity index (χ0v) is 5.53. The molecule has 0 saturated carbocycles. The van der Waals surface area contributed by atoms with Gasteiger partial charge in [-0.2, -0.15) is 0 Å². The van der Waals surface area contributed by atoms with Crippen molar-refractivity contribution in [3.8, 4) is 0 Å². The first-order valence-electron chi connectivity index (χ1n) is 1.66. The van der Waals surface area contributed by atoms with E-state index < -0.39 is 17.0 Å². The second-order valence-electron chi connectivity index (χ2n) is 1.00. The van der Waals surface area contributed by atoms with E-state index in [4.69, 9.17) is 0 Å². The van der Waals surface area contributed by atoms with Gasteiger partial charge in [-0.25, -0.2) is 13.2 Å². The molecule has 0 bridgehead atoms. The minimum Gasteiger partial charge on any atom is -0.250 e. The summed E-state index contributed by atoms with van der Waals surface area (Å²) in [5.74, 6) is 0. The Bertz CT molecular complexity index is 47.4. The lowest BCUT2D eigenvalue weighted by atomic mass is 10.5. The highest BCUT2D eigenvalue weighted by Gasteiger charge is 2.14. The quantitative estimate of drug-likeness (QED) is 0.497. The molecule has 0 fully saturated rings. The monoisotopic (exact) mass is 224 g/mol. The van der Waals surface area contributed by atoms with Crippen molar-refractivity contribution in [3.63, 3.8) is 0 Å². The van der Waals surface area contributed by atoms with Gasteiger partial charge in [-0.05, 0) is 0 Å². The van der Waals surface area contributed by atoms with E-state index in [0.29, 0.717) is 0 Å². The molecule has 0 amide bonds. The molecule has 1 atom stereocenters. The van der Waals surface area contributed by atoms with Crippen LogP contribution >= 0.6 is 22.6 Å². The fourth-order valence-corrected chi connectivity index (χ4v) is 0.0673. The van der Waals surface area contributed by atoms with Crippen molar-refractivity contribution in [3.05, 3.63) is 0 Å². The minimum atomic E-state index is -2.52. The van der Waals surface area contributed by atoms with Crippen LogP contribution in [0.25, 0.3) is 0 Å². The third-order valence-electron chi connectivity index (χ3n) is 0.421. The molecule has 0 heterocycles. The number of rotatable bonds is 2. The van der Waals surface area contributed by atoms with E-state index in [0.717, 1.165) is 0 Å². The van der Waals surface area contributed by atoms with Crippen molar-refractivity contribution < 1.29 is 13.2 Å². The summed E-state index contributed by atoms with van der Waals surface area (Å²) in [7, 11) is 0. The Labute approximate surface area is 53.2 Å². The lowest BCUT2D eigenvalue weighted by Crippen LogP contribution is -2.10. The SMILES string of the molecule is FCC(I)C(F)F. The fraction of sp³-hybridized carbons (Fsp3) is 1.00. The smallest absolute Gasteiger partial charge is 0.250 e. The molecule has 0 N–H and O–H groups in total. The Morgan fingerprint density at radius 3 is 1.86 bits per heavy atom. The maximum Gasteiger partial charge on any atom is 0.252 e. The second kappa shape index (κ2) is 3.51. The Kier molecular flexibility index (Phi) is 3.77. The van der Waals surface area contributed by atoms with Crippen LogP contribution in [0, 0.1) is 0 Å². The Morgan fingerprint density at radius 1 is 1.43 bits per heavy atom. The standard InChI is InChI=1S/C3H4F3I/c4-1-2(7)3(5)6/h2-3H,1H2. The predicted octanol–water partition coefficient (Wildman–Crippen LogP) is 2.02. The van der Waals surface area contributed by atoms with E-state index in [1.165, 1.54) is 22.6 Å². The summed E-state index contributed by atoms with van der Waals surface area (Å²) in [5, 5.41) is 0. The lowest BCUT2D eigenvalue weighted by Gasteiger charge is -1.98. The van der Waals surface area contributed by atoms with E-state index in [1.54, 1.807) is 0 Å². The fourth-order valence-electron chi connectivity index (χ4n) is 0.0673. The summed E-state index contributed by atoms with van der Waals surface area (Å²) in [4.78, 5) is 0. The highest BCUT2D eigenvalue weighted by atomic mass is 127. The van der Waals surface area contributed by atoms with Gasteiger partial charge in [0.15, 0.2) is 0 Å². The maximum absolute atomic E-state index is 11.2. The Balaban J connectivity index is 3.14. The van der Waals surface area contributed by atoms with Gasteiger partial charge in [0.2, 0.25) is 0 Å². The molecule has 0 radical (unpaired) electrons. The second-order valence-corrected chi connectivity index (χ2v) is 2.60. The van der Waals surface area contributed by atoms with Gasteiger partial charge in [0.25, 0.3) is 6.43 Å². The Hall–Kier alpha value is 0.520. The molecule has 0 aliphatic rings. The molecule has 0 aliphatic heterocycles. The number of halogens is 4. The summed E-state index contributed by atoms with van der Waals surface area (Å²) in [6, 6.07) is 0. The van der Waals surface area contributed by atoms with Gasteiger partial charge < -0.3 is 0 Å². The minimum absolute atomic E-state index is 0.946. The van der Waals surface area contributed by atoms with Crippen LogP contribution in [-0.4, -0.2) is 17.0 Å². The van der Waals surface area contributed by atoms with Gasteiger partial charge in [0, 0.05) is 0 Å². The highest BCUT2D eigenvalue weighted by molar-refractivity contribution is 14.1. The summed E-state index contributed by atoms with van der Waals surface area (Å²) in [6.45, 7) is -0.946. The van der Waals surface area contributed by atoms with E-state index >= 15 is 0 Å². The molecular weight excluding hydrogens is 220 g/mol. The van der Waals surface area contributed by atoms with Crippen LogP contribution < -0.4 is 0 Å². The average Bonchev–Trinajstić information content (AvgIpc) is 1.65. The molecule has 0 aromatic rings. The van der Waals surface area contributed by atoms with E-state index in [1.807, 2.05) is 0 Å². The molecule has 0 aromatic heterocycles. The topological polar surface area (TPSA) is 0 Å². The zero-order valence-electron chi connectivity index (χ0n) is 3.37. The van der Waals surface area contributed by atoms with Crippen LogP contribution in [0.1, 0.15) is 0 Å². The molecule has 4 heteroatoms. The maximum atomic E-state index is 11.2. The van der Waals surface area contributed by atoms with Crippen molar-refractivity contribution in [2.75, 3.05) is 6.67 Å². The Morgan fingerprint density at radius 2 is 1.86 bits per heavy atom. The molecule has 0 nitrogen and oxygen atoms in total. The van der Waals surface area contributed by atoms with Crippen LogP contribution in [-0.2, 0) is 0 Å². The summed E-state index contributed by atoms with van der Waals surface area (Å²) in [6.07, 6.45) is -2.52. The summed E-state index contributed by atoms with van der Waals surface area (Å²) >= 11 is 1.37. The summed E-state index contributed by atoms with van der Waals surface area (Å²) < 4.78 is 32.4. The van der Waals surface area contributed by atoms with Gasteiger partial charge in [0.1, 0.15) is 10.6 Å². The van der Waals surface area contributed by atoms with Gasteiger partial charge in [-0.15, -0.1) is 0 Å².